The summed E-state index contributed by atoms with van der Waals surface area (Å²) in [5, 5.41) is 3.42. The van der Waals surface area contributed by atoms with E-state index in [1.54, 1.807) is 11.8 Å². The summed E-state index contributed by atoms with van der Waals surface area (Å²) >= 11 is 1.13. The molecule has 1 spiro atoms. The predicted octanol–water partition coefficient (Wildman–Crippen LogP) is 2.04. The Balaban J connectivity index is 1.18. The van der Waals surface area contributed by atoms with Crippen LogP contribution in [0, 0.1) is 18.6 Å². The van der Waals surface area contributed by atoms with E-state index >= 15 is 4.39 Å². The van der Waals surface area contributed by atoms with Crippen LogP contribution in [-0.4, -0.2) is 60.0 Å². The Morgan fingerprint density at radius 1 is 1.25 bits per heavy atom. The zero-order chi connectivity index (χ0) is 25.2. The third kappa shape index (κ3) is 3.79. The van der Waals surface area contributed by atoms with Gasteiger partial charge in [0, 0.05) is 23.7 Å². The number of aryl methyl sites for hydroxylation is 2. The Hall–Kier alpha value is -2.93. The highest BCUT2D eigenvalue weighted by Gasteiger charge is 2.50. The maximum atomic E-state index is 15.2. The number of carbonyl (C=O) groups is 1. The van der Waals surface area contributed by atoms with Gasteiger partial charge >= 0.3 is 0 Å². The summed E-state index contributed by atoms with van der Waals surface area (Å²) in [5.74, 6) is -1.92. The third-order valence-corrected chi connectivity index (χ3v) is 8.30. The number of nitrogens with zero attached hydrogens (tertiary/aromatic N) is 3. The minimum atomic E-state index is -0.909. The molecule has 2 fully saturated rings. The average molecular weight is 517 g/mol. The Morgan fingerprint density at radius 3 is 2.81 bits per heavy atom. The van der Waals surface area contributed by atoms with Gasteiger partial charge in [0.1, 0.15) is 15.5 Å². The fraction of sp³-hybridized carbons (Fsp3) is 0.458. The van der Waals surface area contributed by atoms with Gasteiger partial charge in [0.25, 0.3) is 5.91 Å². The predicted molar refractivity (Wildman–Crippen MR) is 131 cm³/mol. The van der Waals surface area contributed by atoms with Crippen molar-refractivity contribution in [3.8, 4) is 0 Å². The topological polar surface area (TPSA) is 129 Å². The molecule has 5 N–H and O–H groups in total. The zero-order valence-corrected chi connectivity index (χ0v) is 20.5. The van der Waals surface area contributed by atoms with Gasteiger partial charge < -0.3 is 31.2 Å². The van der Waals surface area contributed by atoms with Crippen molar-refractivity contribution in [1.29, 1.82) is 0 Å². The van der Waals surface area contributed by atoms with E-state index in [0.717, 1.165) is 22.6 Å². The number of pyridine rings is 2. The number of nitrogens with one attached hydrogen (secondary N) is 1. The van der Waals surface area contributed by atoms with Crippen LogP contribution in [-0.2, 0) is 22.3 Å². The molecule has 3 aromatic rings. The number of amides is 1. The van der Waals surface area contributed by atoms with E-state index in [4.69, 9.17) is 20.9 Å². The molecule has 1 amide bonds. The highest BCUT2D eigenvalue weighted by Crippen LogP contribution is 2.36. The van der Waals surface area contributed by atoms with Crippen LogP contribution in [0.1, 0.15) is 33.0 Å². The minimum absolute atomic E-state index is 0.211. The number of rotatable bonds is 3. The molecular formula is C24H26F2N6O3S. The molecule has 1 aliphatic carbocycles. The molecule has 36 heavy (non-hydrogen) atoms. The van der Waals surface area contributed by atoms with Crippen molar-refractivity contribution < 1.29 is 23.0 Å². The van der Waals surface area contributed by atoms with Gasteiger partial charge in [-0.2, -0.15) is 0 Å². The number of hydrogen-bond acceptors (Lipinski definition) is 9. The van der Waals surface area contributed by atoms with Gasteiger partial charge in [0.2, 0.25) is 5.79 Å². The Kier molecular flexibility index (Phi) is 5.59. The summed E-state index contributed by atoms with van der Waals surface area (Å²) < 4.78 is 40.6. The number of thiophene rings is 1. The van der Waals surface area contributed by atoms with Gasteiger partial charge in [-0.15, -0.1) is 11.3 Å². The monoisotopic (exact) mass is 516 g/mol. The van der Waals surface area contributed by atoms with Gasteiger partial charge in [0.15, 0.2) is 11.6 Å². The highest BCUT2D eigenvalue weighted by atomic mass is 32.1. The van der Waals surface area contributed by atoms with Crippen molar-refractivity contribution in [3.05, 3.63) is 45.6 Å². The molecule has 12 heteroatoms. The molecule has 6 rings (SSSR count). The van der Waals surface area contributed by atoms with E-state index in [2.05, 4.69) is 15.3 Å². The first-order valence-electron chi connectivity index (χ1n) is 11.9. The van der Waals surface area contributed by atoms with Crippen molar-refractivity contribution in [3.63, 3.8) is 0 Å². The number of carbonyl (C=O) groups excluding carboxylic acids is 1. The first kappa shape index (κ1) is 23.5. The van der Waals surface area contributed by atoms with Gasteiger partial charge in [-0.1, -0.05) is 0 Å². The summed E-state index contributed by atoms with van der Waals surface area (Å²) in [6.07, 6.45) is 1.67. The second-order valence-corrected chi connectivity index (χ2v) is 10.6. The summed E-state index contributed by atoms with van der Waals surface area (Å²) in [6.45, 7) is 3.21. The SMILES string of the molecule is Cc1nc2sc(C(=O)NC3CCc4nc(N5CC(N)C6(C5)OCCO6)c(F)cc4C3)c(N)c2cc1F. The quantitative estimate of drug-likeness (QED) is 0.483. The van der Waals surface area contributed by atoms with E-state index in [1.807, 2.05) is 0 Å². The smallest absolute Gasteiger partial charge is 0.263 e. The molecule has 3 aliphatic rings. The lowest BCUT2D eigenvalue weighted by Gasteiger charge is -2.27. The fourth-order valence-corrected chi connectivity index (χ4v) is 6.28. The van der Waals surface area contributed by atoms with E-state index < -0.39 is 23.5 Å². The first-order valence-corrected chi connectivity index (χ1v) is 12.7. The Morgan fingerprint density at radius 2 is 2.03 bits per heavy atom. The van der Waals surface area contributed by atoms with Gasteiger partial charge in [0.05, 0.1) is 37.2 Å². The molecule has 9 nitrogen and oxygen atoms in total. The Labute approximate surface area is 209 Å². The molecule has 2 saturated heterocycles. The van der Waals surface area contributed by atoms with Gasteiger partial charge in [-0.05, 0) is 43.9 Å². The molecular weight excluding hydrogens is 490 g/mol. The maximum Gasteiger partial charge on any atom is 0.263 e. The highest BCUT2D eigenvalue weighted by molar-refractivity contribution is 7.21. The summed E-state index contributed by atoms with van der Waals surface area (Å²) in [4.78, 5) is 24.4. The molecule has 0 aromatic carbocycles. The number of nitrogen functional groups attached to an aromatic ring is 1. The van der Waals surface area contributed by atoms with Crippen LogP contribution in [0.5, 0.6) is 0 Å². The van der Waals surface area contributed by atoms with Crippen LogP contribution in [0.2, 0.25) is 0 Å². The summed E-state index contributed by atoms with van der Waals surface area (Å²) in [6, 6.07) is 2.20. The van der Waals surface area contributed by atoms with Crippen LogP contribution in [0.25, 0.3) is 10.2 Å². The van der Waals surface area contributed by atoms with E-state index in [-0.39, 0.29) is 29.1 Å². The molecule has 0 radical (unpaired) electrons. The second-order valence-electron chi connectivity index (χ2n) is 9.56. The molecule has 190 valence electrons. The fourth-order valence-electron chi connectivity index (χ4n) is 5.26. The van der Waals surface area contributed by atoms with Crippen LogP contribution >= 0.6 is 11.3 Å². The lowest BCUT2D eigenvalue weighted by molar-refractivity contribution is -0.147. The van der Waals surface area contributed by atoms with Crippen LogP contribution < -0.4 is 21.7 Å². The van der Waals surface area contributed by atoms with Crippen LogP contribution in [0.3, 0.4) is 0 Å². The Bertz CT molecular complexity index is 1380. The molecule has 0 bridgehead atoms. The van der Waals surface area contributed by atoms with Crippen molar-refractivity contribution in [1.82, 2.24) is 15.3 Å². The summed E-state index contributed by atoms with van der Waals surface area (Å²) in [5.41, 5.74) is 14.4. The molecule has 2 atom stereocenters. The number of aromatic nitrogens is 2. The normalized spacial score (nSPS) is 22.9. The molecule has 0 saturated carbocycles. The standard InChI is InChI=1S/C24H26F2N6O3S/c1-11-15(25)8-14-19(28)20(36-23(14)29-11)22(33)30-13-2-3-17-12(6-13)7-16(26)21(31-17)32-9-18(27)24(10-32)34-4-5-35-24/h7-8,13,18H,2-6,9-10,27-28H2,1H3,(H,30,33). The zero-order valence-electron chi connectivity index (χ0n) is 19.6. The molecule has 2 aliphatic heterocycles. The molecule has 3 aromatic heterocycles. The van der Waals surface area contributed by atoms with Crippen LogP contribution in [0.4, 0.5) is 20.3 Å². The van der Waals surface area contributed by atoms with E-state index in [9.17, 15) is 9.18 Å². The van der Waals surface area contributed by atoms with E-state index in [0.29, 0.717) is 60.7 Å². The minimum Gasteiger partial charge on any atom is -0.397 e. The molecule has 2 unspecified atom stereocenters. The molecule has 5 heterocycles. The average Bonchev–Trinajstić information content (AvgIpc) is 3.53. The van der Waals surface area contributed by atoms with Crippen molar-refractivity contribution >= 4 is 39.0 Å². The van der Waals surface area contributed by atoms with Gasteiger partial charge in [-0.3, -0.25) is 4.79 Å². The lowest BCUT2D eigenvalue weighted by atomic mass is 9.91. The van der Waals surface area contributed by atoms with Crippen molar-refractivity contribution in [2.24, 2.45) is 5.73 Å². The third-order valence-electron chi connectivity index (χ3n) is 7.18. The number of halogens is 2. The van der Waals surface area contributed by atoms with E-state index in [1.165, 1.54) is 12.1 Å². The lowest BCUT2D eigenvalue weighted by Crippen LogP contribution is -2.47. The number of nitrogens with two attached hydrogens (primary N) is 2. The first-order chi connectivity index (χ1) is 17.2. The van der Waals surface area contributed by atoms with Gasteiger partial charge in [-0.25, -0.2) is 18.7 Å². The number of ether oxygens (including phenoxy) is 2. The number of anilines is 2. The van der Waals surface area contributed by atoms with Crippen molar-refractivity contribution in [2.45, 2.75) is 44.1 Å². The number of hydrogen-bond donors (Lipinski definition) is 3. The number of fused-ring (bicyclic) bond motifs is 2. The summed E-state index contributed by atoms with van der Waals surface area (Å²) in [7, 11) is 0. The van der Waals surface area contributed by atoms with Crippen molar-refractivity contribution in [2.75, 3.05) is 36.9 Å². The largest absolute Gasteiger partial charge is 0.397 e. The van der Waals surface area contributed by atoms with Crippen LogP contribution in [0.15, 0.2) is 12.1 Å². The maximum absolute atomic E-state index is 15.2. The second kappa shape index (κ2) is 8.58.